The summed E-state index contributed by atoms with van der Waals surface area (Å²) in [5.41, 5.74) is -1.49. The quantitative estimate of drug-likeness (QED) is 0.850. The number of nitrogens with zero attached hydrogens (tertiary/aromatic N) is 1. The summed E-state index contributed by atoms with van der Waals surface area (Å²) in [5.74, 6) is -2.59. The minimum Gasteiger partial charge on any atom is -0.342 e. The maximum Gasteiger partial charge on any atom is 0.239 e. The molecular formula is C15H20F2N2O2. The van der Waals surface area contributed by atoms with Gasteiger partial charge in [0.25, 0.3) is 0 Å². The summed E-state index contributed by atoms with van der Waals surface area (Å²) >= 11 is 0. The summed E-state index contributed by atoms with van der Waals surface area (Å²) in [5, 5.41) is 2.33. The van der Waals surface area contributed by atoms with Gasteiger partial charge in [-0.25, -0.2) is 8.78 Å². The summed E-state index contributed by atoms with van der Waals surface area (Å²) in [6.07, 6.45) is 0. The third kappa shape index (κ3) is 3.77. The van der Waals surface area contributed by atoms with E-state index in [1.54, 1.807) is 0 Å². The van der Waals surface area contributed by atoms with Crippen LogP contribution in [0.2, 0.25) is 0 Å². The average molecular weight is 298 g/mol. The van der Waals surface area contributed by atoms with Gasteiger partial charge in [0.2, 0.25) is 11.8 Å². The number of benzene rings is 1. The maximum atomic E-state index is 13.5. The highest BCUT2D eigenvalue weighted by atomic mass is 19.1. The number of hydrogen-bond acceptors (Lipinski definition) is 2. The van der Waals surface area contributed by atoms with E-state index in [4.69, 9.17) is 0 Å². The molecule has 0 atom stereocenters. The molecule has 0 heterocycles. The molecule has 0 bridgehead atoms. The van der Waals surface area contributed by atoms with Crippen LogP contribution in [0.25, 0.3) is 0 Å². The van der Waals surface area contributed by atoms with Crippen LogP contribution in [0.15, 0.2) is 18.2 Å². The molecule has 0 saturated heterocycles. The molecule has 0 unspecified atom stereocenters. The van der Waals surface area contributed by atoms with Crippen LogP contribution in [-0.2, 0) is 9.59 Å². The van der Waals surface area contributed by atoms with E-state index in [-0.39, 0.29) is 11.6 Å². The Labute approximate surface area is 123 Å². The Morgan fingerprint density at radius 2 is 1.76 bits per heavy atom. The first-order valence-electron chi connectivity index (χ1n) is 6.79. The molecule has 0 aliphatic rings. The zero-order chi connectivity index (χ0) is 16.2. The van der Waals surface area contributed by atoms with E-state index < -0.39 is 23.0 Å². The first-order valence-corrected chi connectivity index (χ1v) is 6.79. The highest BCUT2D eigenvalue weighted by Crippen LogP contribution is 2.23. The minimum absolute atomic E-state index is 0.151. The number of anilines is 1. The number of rotatable bonds is 5. The highest BCUT2D eigenvalue weighted by Gasteiger charge is 2.38. The van der Waals surface area contributed by atoms with Crippen molar-refractivity contribution in [3.05, 3.63) is 29.8 Å². The third-order valence-electron chi connectivity index (χ3n) is 3.33. The van der Waals surface area contributed by atoms with Crippen molar-refractivity contribution in [2.24, 2.45) is 5.41 Å². The fourth-order valence-corrected chi connectivity index (χ4v) is 1.87. The van der Waals surface area contributed by atoms with Gasteiger partial charge in [-0.15, -0.1) is 0 Å². The van der Waals surface area contributed by atoms with E-state index in [0.29, 0.717) is 19.2 Å². The van der Waals surface area contributed by atoms with Gasteiger partial charge < -0.3 is 10.2 Å². The molecular weight excluding hydrogens is 278 g/mol. The van der Waals surface area contributed by atoms with Crippen molar-refractivity contribution >= 4 is 17.5 Å². The van der Waals surface area contributed by atoms with Gasteiger partial charge in [-0.1, -0.05) is 0 Å². The average Bonchev–Trinajstić information content (AvgIpc) is 2.42. The van der Waals surface area contributed by atoms with Gasteiger partial charge >= 0.3 is 0 Å². The molecule has 21 heavy (non-hydrogen) atoms. The number of nitrogens with one attached hydrogen (secondary N) is 1. The topological polar surface area (TPSA) is 49.4 Å². The van der Waals surface area contributed by atoms with Crippen molar-refractivity contribution in [2.45, 2.75) is 27.7 Å². The van der Waals surface area contributed by atoms with Crippen LogP contribution in [0.3, 0.4) is 0 Å². The number of carbonyl (C=O) groups excluding carboxylic acids is 2. The fourth-order valence-electron chi connectivity index (χ4n) is 1.87. The molecule has 1 N–H and O–H groups in total. The maximum absolute atomic E-state index is 13.5. The molecule has 1 aromatic carbocycles. The van der Waals surface area contributed by atoms with Crippen molar-refractivity contribution in [3.8, 4) is 0 Å². The van der Waals surface area contributed by atoms with Crippen molar-refractivity contribution < 1.29 is 18.4 Å². The molecule has 4 nitrogen and oxygen atoms in total. The van der Waals surface area contributed by atoms with Crippen molar-refractivity contribution in [3.63, 3.8) is 0 Å². The van der Waals surface area contributed by atoms with Crippen LogP contribution < -0.4 is 5.32 Å². The first kappa shape index (κ1) is 17.1. The van der Waals surface area contributed by atoms with Gasteiger partial charge in [-0.2, -0.15) is 0 Å². The first-order chi connectivity index (χ1) is 9.73. The van der Waals surface area contributed by atoms with Gasteiger partial charge in [0.05, 0.1) is 5.69 Å². The molecule has 0 aliphatic carbocycles. The minimum atomic E-state index is -1.34. The largest absolute Gasteiger partial charge is 0.342 e. The van der Waals surface area contributed by atoms with Crippen LogP contribution in [0.1, 0.15) is 27.7 Å². The molecule has 0 fully saturated rings. The predicted octanol–water partition coefficient (Wildman–Crippen LogP) is 2.80. The Balaban J connectivity index is 2.93. The lowest BCUT2D eigenvalue weighted by molar-refractivity contribution is -0.146. The van der Waals surface area contributed by atoms with E-state index in [9.17, 15) is 18.4 Å². The van der Waals surface area contributed by atoms with Gasteiger partial charge in [-0.3, -0.25) is 9.59 Å². The number of amides is 2. The number of hydrogen-bond donors (Lipinski definition) is 1. The van der Waals surface area contributed by atoms with Crippen molar-refractivity contribution in [1.82, 2.24) is 4.90 Å². The lowest BCUT2D eigenvalue weighted by Gasteiger charge is -2.29. The van der Waals surface area contributed by atoms with Crippen LogP contribution in [0.4, 0.5) is 14.5 Å². The summed E-state index contributed by atoms with van der Waals surface area (Å²) < 4.78 is 26.4. The molecule has 0 saturated carbocycles. The Morgan fingerprint density at radius 1 is 1.19 bits per heavy atom. The summed E-state index contributed by atoms with van der Waals surface area (Å²) in [4.78, 5) is 26.1. The van der Waals surface area contributed by atoms with Crippen LogP contribution >= 0.6 is 0 Å². The van der Waals surface area contributed by atoms with Gasteiger partial charge in [0.15, 0.2) is 0 Å². The second-order valence-electron chi connectivity index (χ2n) is 5.18. The second kappa shape index (κ2) is 6.65. The van der Waals surface area contributed by atoms with Gasteiger partial charge in [-0.05, 0) is 39.8 Å². The Kier molecular flexibility index (Phi) is 5.41. The van der Waals surface area contributed by atoms with Crippen molar-refractivity contribution in [1.29, 1.82) is 0 Å². The van der Waals surface area contributed by atoms with E-state index in [1.165, 1.54) is 18.7 Å². The van der Waals surface area contributed by atoms with Crippen molar-refractivity contribution in [2.75, 3.05) is 18.4 Å². The molecule has 0 spiro atoms. The van der Waals surface area contributed by atoms with E-state index in [1.807, 2.05) is 13.8 Å². The second-order valence-corrected chi connectivity index (χ2v) is 5.18. The molecule has 0 aromatic heterocycles. The Bertz CT molecular complexity index is 540. The molecule has 6 heteroatoms. The normalized spacial score (nSPS) is 11.1. The van der Waals surface area contributed by atoms with E-state index in [2.05, 4.69) is 5.32 Å². The zero-order valence-corrected chi connectivity index (χ0v) is 12.7. The molecule has 2 amide bonds. The number of carbonyl (C=O) groups is 2. The molecule has 0 radical (unpaired) electrons. The Morgan fingerprint density at radius 3 is 2.24 bits per heavy atom. The monoisotopic (exact) mass is 298 g/mol. The van der Waals surface area contributed by atoms with Crippen LogP contribution in [-0.4, -0.2) is 29.8 Å². The molecule has 1 rings (SSSR count). The van der Waals surface area contributed by atoms with E-state index in [0.717, 1.165) is 12.1 Å². The molecule has 1 aromatic rings. The van der Waals surface area contributed by atoms with Crippen LogP contribution in [0.5, 0.6) is 0 Å². The number of halogens is 2. The van der Waals surface area contributed by atoms with Crippen LogP contribution in [0, 0.1) is 17.0 Å². The lowest BCUT2D eigenvalue weighted by atomic mass is 9.90. The summed E-state index contributed by atoms with van der Waals surface area (Å²) in [7, 11) is 0. The molecule has 116 valence electrons. The predicted molar refractivity (Wildman–Crippen MR) is 76.7 cm³/mol. The fraction of sp³-hybridized carbons (Fsp3) is 0.467. The van der Waals surface area contributed by atoms with Gasteiger partial charge in [0, 0.05) is 19.2 Å². The Hall–Kier alpha value is -1.98. The lowest BCUT2D eigenvalue weighted by Crippen LogP contribution is -2.47. The van der Waals surface area contributed by atoms with Gasteiger partial charge in [0.1, 0.15) is 17.0 Å². The highest BCUT2D eigenvalue weighted by molar-refractivity contribution is 6.09. The zero-order valence-electron chi connectivity index (χ0n) is 12.7. The summed E-state index contributed by atoms with van der Waals surface area (Å²) in [6, 6.07) is 2.84. The van der Waals surface area contributed by atoms with E-state index >= 15 is 0 Å². The SMILES string of the molecule is CCN(CC)C(=O)C(C)(C)C(=O)Nc1ccc(F)cc1F. The smallest absolute Gasteiger partial charge is 0.239 e. The summed E-state index contributed by atoms with van der Waals surface area (Å²) in [6.45, 7) is 7.55. The molecule has 0 aliphatic heterocycles. The standard InChI is InChI=1S/C15H20F2N2O2/c1-5-19(6-2)14(21)15(3,4)13(20)18-12-8-7-10(16)9-11(12)17/h7-9H,5-6H2,1-4H3,(H,18,20). The third-order valence-corrected chi connectivity index (χ3v) is 3.33.